The van der Waals surface area contributed by atoms with E-state index in [-0.39, 0.29) is 30.1 Å². The van der Waals surface area contributed by atoms with Crippen molar-refractivity contribution in [1.82, 2.24) is 15.5 Å². The van der Waals surface area contributed by atoms with Gasteiger partial charge in [-0.1, -0.05) is 12.1 Å². The van der Waals surface area contributed by atoms with Crippen molar-refractivity contribution < 1.29 is 14.2 Å². The minimum absolute atomic E-state index is 0. The molecule has 8 heteroatoms. The second-order valence-electron chi connectivity index (χ2n) is 7.98. The van der Waals surface area contributed by atoms with Gasteiger partial charge in [0.25, 0.3) is 0 Å². The smallest absolute Gasteiger partial charge is 0.191 e. The molecule has 30 heavy (non-hydrogen) atoms. The third-order valence-electron chi connectivity index (χ3n) is 5.31. The van der Waals surface area contributed by atoms with Gasteiger partial charge in [-0.2, -0.15) is 0 Å². The van der Waals surface area contributed by atoms with E-state index >= 15 is 0 Å². The summed E-state index contributed by atoms with van der Waals surface area (Å²) in [7, 11) is 2.13. The highest BCUT2D eigenvalue weighted by Crippen LogP contribution is 2.23. The molecule has 3 rings (SSSR count). The summed E-state index contributed by atoms with van der Waals surface area (Å²) in [5, 5.41) is 6.74. The largest absolute Gasteiger partial charge is 0.493 e. The van der Waals surface area contributed by atoms with E-state index in [9.17, 15) is 0 Å². The lowest BCUT2D eigenvalue weighted by atomic mass is 10.1. The third kappa shape index (κ3) is 8.20. The first-order chi connectivity index (χ1) is 14.1. The number of guanidine groups is 1. The molecule has 2 aliphatic rings. The van der Waals surface area contributed by atoms with Crippen molar-refractivity contribution in [2.75, 3.05) is 59.7 Å². The van der Waals surface area contributed by atoms with E-state index < -0.39 is 0 Å². The second-order valence-corrected chi connectivity index (χ2v) is 7.98. The van der Waals surface area contributed by atoms with Gasteiger partial charge in [-0.3, -0.25) is 0 Å². The summed E-state index contributed by atoms with van der Waals surface area (Å²) in [6.45, 7) is 11.3. The average molecular weight is 532 g/mol. The third-order valence-corrected chi connectivity index (χ3v) is 5.31. The standard InChI is InChI=1S/C22H36N4O3.HI/c1-4-23-22(25-13-20-14-26(3)8-10-28-20)24-12-19-6-5-17(2)11-21(19)29-16-18-7-9-27-15-18;/h5-6,11,18,20H,4,7-10,12-16H2,1-3H3,(H2,23,24,25);1H. The maximum absolute atomic E-state index is 6.15. The van der Waals surface area contributed by atoms with Crippen LogP contribution in [0.2, 0.25) is 0 Å². The van der Waals surface area contributed by atoms with Crippen LogP contribution >= 0.6 is 24.0 Å². The minimum atomic E-state index is 0. The van der Waals surface area contributed by atoms with E-state index in [2.05, 4.69) is 54.6 Å². The number of hydrogen-bond donors (Lipinski definition) is 2. The number of nitrogens with zero attached hydrogens (tertiary/aromatic N) is 2. The summed E-state index contributed by atoms with van der Waals surface area (Å²) in [6, 6.07) is 6.33. The lowest BCUT2D eigenvalue weighted by Gasteiger charge is -2.30. The lowest BCUT2D eigenvalue weighted by molar-refractivity contribution is -0.0161. The van der Waals surface area contributed by atoms with Crippen LogP contribution in [0.4, 0.5) is 0 Å². The number of likely N-dealkylation sites (N-methyl/N-ethyl adjacent to an activating group) is 1. The molecule has 0 aliphatic carbocycles. The van der Waals surface area contributed by atoms with Gasteiger partial charge in [0.05, 0.1) is 32.5 Å². The molecular weight excluding hydrogens is 495 g/mol. The summed E-state index contributed by atoms with van der Waals surface area (Å²) in [4.78, 5) is 7.07. The topological polar surface area (TPSA) is 67.4 Å². The predicted molar refractivity (Wildman–Crippen MR) is 131 cm³/mol. The number of benzene rings is 1. The Balaban J connectivity index is 0.00000320. The van der Waals surface area contributed by atoms with Crippen molar-refractivity contribution in [3.63, 3.8) is 0 Å². The first kappa shape index (κ1) is 25.2. The zero-order chi connectivity index (χ0) is 20.5. The molecule has 2 heterocycles. The highest BCUT2D eigenvalue weighted by molar-refractivity contribution is 14.0. The van der Waals surface area contributed by atoms with Crippen molar-refractivity contribution in [2.45, 2.75) is 32.9 Å². The SMILES string of the molecule is CCNC(=NCc1ccc(C)cc1OCC1CCOC1)NCC1CN(C)CCO1.I. The van der Waals surface area contributed by atoms with E-state index in [0.717, 1.165) is 69.7 Å². The number of hydrogen-bond acceptors (Lipinski definition) is 5. The van der Waals surface area contributed by atoms with Crippen molar-refractivity contribution in [3.8, 4) is 5.75 Å². The normalized spacial score (nSPS) is 22.4. The van der Waals surface area contributed by atoms with Crippen LogP contribution in [0.1, 0.15) is 24.5 Å². The van der Waals surface area contributed by atoms with E-state index in [1.807, 2.05) is 0 Å². The average Bonchev–Trinajstić information content (AvgIpc) is 3.23. The number of halogens is 1. The molecule has 2 aliphatic heterocycles. The molecule has 2 unspecified atom stereocenters. The number of ether oxygens (including phenoxy) is 3. The van der Waals surface area contributed by atoms with Gasteiger partial charge in [-0.15, -0.1) is 24.0 Å². The molecule has 170 valence electrons. The van der Waals surface area contributed by atoms with E-state index in [4.69, 9.17) is 19.2 Å². The van der Waals surface area contributed by atoms with E-state index in [1.54, 1.807) is 0 Å². The first-order valence-corrected chi connectivity index (χ1v) is 10.8. The van der Waals surface area contributed by atoms with Crippen LogP contribution in [0.15, 0.2) is 23.2 Å². The van der Waals surface area contributed by atoms with Gasteiger partial charge in [-0.25, -0.2) is 4.99 Å². The quantitative estimate of drug-likeness (QED) is 0.305. The molecule has 1 aromatic carbocycles. The van der Waals surface area contributed by atoms with E-state index in [1.165, 1.54) is 5.56 Å². The first-order valence-electron chi connectivity index (χ1n) is 10.8. The minimum Gasteiger partial charge on any atom is -0.493 e. The zero-order valence-electron chi connectivity index (χ0n) is 18.5. The molecule has 0 aromatic heterocycles. The van der Waals surface area contributed by atoms with Gasteiger partial charge in [0.15, 0.2) is 5.96 Å². The van der Waals surface area contributed by atoms with Crippen LogP contribution in [0, 0.1) is 12.8 Å². The zero-order valence-corrected chi connectivity index (χ0v) is 20.8. The molecule has 0 saturated carbocycles. The Kier molecular flexibility index (Phi) is 11.2. The fourth-order valence-electron chi connectivity index (χ4n) is 3.56. The highest BCUT2D eigenvalue weighted by Gasteiger charge is 2.18. The molecule has 2 atom stereocenters. The molecule has 0 bridgehead atoms. The highest BCUT2D eigenvalue weighted by atomic mass is 127. The fraction of sp³-hybridized carbons (Fsp3) is 0.682. The molecule has 2 fully saturated rings. The molecule has 0 amide bonds. The molecule has 1 aromatic rings. The van der Waals surface area contributed by atoms with Crippen LogP contribution in [0.3, 0.4) is 0 Å². The molecule has 2 N–H and O–H groups in total. The van der Waals surface area contributed by atoms with Crippen molar-refractivity contribution in [2.24, 2.45) is 10.9 Å². The molecule has 7 nitrogen and oxygen atoms in total. The fourth-order valence-corrected chi connectivity index (χ4v) is 3.56. The van der Waals surface area contributed by atoms with Crippen LogP contribution in [0.25, 0.3) is 0 Å². The lowest BCUT2D eigenvalue weighted by Crippen LogP contribution is -2.48. The van der Waals surface area contributed by atoms with Gasteiger partial charge >= 0.3 is 0 Å². The number of morpholine rings is 1. The Bertz CT molecular complexity index is 668. The molecule has 0 radical (unpaired) electrons. The Labute approximate surface area is 197 Å². The summed E-state index contributed by atoms with van der Waals surface area (Å²) in [5.41, 5.74) is 2.29. The summed E-state index contributed by atoms with van der Waals surface area (Å²) in [5.74, 6) is 2.22. The van der Waals surface area contributed by atoms with Gasteiger partial charge in [0, 0.05) is 44.3 Å². The van der Waals surface area contributed by atoms with Gasteiger partial charge in [-0.05, 0) is 38.9 Å². The number of aryl methyl sites for hydroxylation is 1. The number of rotatable bonds is 8. The van der Waals surface area contributed by atoms with Crippen LogP contribution < -0.4 is 15.4 Å². The predicted octanol–water partition coefficient (Wildman–Crippen LogP) is 2.41. The van der Waals surface area contributed by atoms with Crippen molar-refractivity contribution in [1.29, 1.82) is 0 Å². The summed E-state index contributed by atoms with van der Waals surface area (Å²) < 4.78 is 17.4. The van der Waals surface area contributed by atoms with Crippen LogP contribution in [-0.2, 0) is 16.0 Å². The van der Waals surface area contributed by atoms with Gasteiger partial charge in [0.1, 0.15) is 5.75 Å². The monoisotopic (exact) mass is 532 g/mol. The maximum atomic E-state index is 6.15. The van der Waals surface area contributed by atoms with Crippen LogP contribution in [0.5, 0.6) is 5.75 Å². The molecule has 0 spiro atoms. The summed E-state index contributed by atoms with van der Waals surface area (Å²) in [6.07, 6.45) is 1.26. The molecular formula is C22H37IN4O3. The van der Waals surface area contributed by atoms with E-state index in [0.29, 0.717) is 19.1 Å². The second kappa shape index (κ2) is 13.3. The van der Waals surface area contributed by atoms with Crippen molar-refractivity contribution >= 4 is 29.9 Å². The number of nitrogens with one attached hydrogen (secondary N) is 2. The molecule has 2 saturated heterocycles. The Hall–Kier alpha value is -1.10. The van der Waals surface area contributed by atoms with Gasteiger partial charge in [0.2, 0.25) is 0 Å². The van der Waals surface area contributed by atoms with Gasteiger partial charge < -0.3 is 29.7 Å². The maximum Gasteiger partial charge on any atom is 0.191 e. The summed E-state index contributed by atoms with van der Waals surface area (Å²) >= 11 is 0. The van der Waals surface area contributed by atoms with Crippen molar-refractivity contribution in [3.05, 3.63) is 29.3 Å². The Morgan fingerprint density at radius 2 is 2.17 bits per heavy atom. The van der Waals surface area contributed by atoms with Crippen LogP contribution in [-0.4, -0.2) is 76.6 Å². The Morgan fingerprint density at radius 1 is 1.30 bits per heavy atom. The number of aliphatic imine (C=N–C) groups is 1. The Morgan fingerprint density at radius 3 is 2.90 bits per heavy atom.